The molecule has 0 aliphatic carbocycles. The van der Waals surface area contributed by atoms with Gasteiger partial charge in [0.25, 0.3) is 10.0 Å². The number of hydrogen-bond acceptors (Lipinski definition) is 3. The number of sulfonamides is 1. The van der Waals surface area contributed by atoms with Crippen molar-refractivity contribution in [3.05, 3.63) is 72.1 Å². The molecule has 1 aromatic heterocycles. The number of anilines is 1. The molecule has 0 spiro atoms. The molecule has 27 heavy (non-hydrogen) atoms. The summed E-state index contributed by atoms with van der Waals surface area (Å²) < 4.78 is 66.2. The third kappa shape index (κ3) is 4.30. The highest BCUT2D eigenvalue weighted by molar-refractivity contribution is 7.92. The van der Waals surface area contributed by atoms with E-state index in [1.807, 2.05) is 6.92 Å². The van der Waals surface area contributed by atoms with E-state index in [2.05, 4.69) is 9.82 Å². The number of benzene rings is 2. The minimum atomic E-state index is -4.52. The summed E-state index contributed by atoms with van der Waals surface area (Å²) in [7, 11) is -3.75. The van der Waals surface area contributed by atoms with Crippen molar-refractivity contribution in [2.45, 2.75) is 24.4 Å². The zero-order valence-corrected chi connectivity index (χ0v) is 15.1. The maximum atomic E-state index is 12.6. The molecule has 0 aliphatic heterocycles. The average molecular weight is 395 g/mol. The predicted molar refractivity (Wildman–Crippen MR) is 95.2 cm³/mol. The number of nitrogens with zero attached hydrogens (tertiary/aromatic N) is 2. The molecule has 1 heterocycles. The molecule has 3 aromatic rings. The molecule has 0 fully saturated rings. The van der Waals surface area contributed by atoms with E-state index in [-0.39, 0.29) is 4.90 Å². The van der Waals surface area contributed by atoms with Gasteiger partial charge in [-0.05, 0) is 54.4 Å². The fourth-order valence-electron chi connectivity index (χ4n) is 2.42. The molecular weight excluding hydrogens is 379 g/mol. The van der Waals surface area contributed by atoms with Gasteiger partial charge in [-0.2, -0.15) is 18.3 Å². The Morgan fingerprint density at radius 3 is 2.15 bits per heavy atom. The minimum Gasteiger partial charge on any atom is -0.280 e. The van der Waals surface area contributed by atoms with Crippen LogP contribution in [0.15, 0.2) is 65.7 Å². The van der Waals surface area contributed by atoms with Gasteiger partial charge in [-0.15, -0.1) is 0 Å². The van der Waals surface area contributed by atoms with E-state index in [9.17, 15) is 21.6 Å². The highest BCUT2D eigenvalue weighted by Gasteiger charge is 2.33. The second-order valence-corrected chi connectivity index (χ2v) is 7.48. The molecule has 9 heteroatoms. The molecule has 3 rings (SSSR count). The number of halogens is 3. The zero-order valence-electron chi connectivity index (χ0n) is 14.2. The number of rotatable bonds is 5. The molecule has 0 amide bonds. The van der Waals surface area contributed by atoms with E-state index in [0.29, 0.717) is 11.4 Å². The predicted octanol–water partition coefficient (Wildman–Crippen LogP) is 4.25. The van der Waals surface area contributed by atoms with Crippen molar-refractivity contribution in [1.29, 1.82) is 0 Å². The molecule has 0 saturated carbocycles. The molecule has 142 valence electrons. The Bertz CT molecular complexity index is 1020. The van der Waals surface area contributed by atoms with Gasteiger partial charge in [0.1, 0.15) is 0 Å². The van der Waals surface area contributed by atoms with Crippen LogP contribution in [-0.4, -0.2) is 18.2 Å². The highest BCUT2D eigenvalue weighted by atomic mass is 32.2. The Morgan fingerprint density at radius 2 is 1.63 bits per heavy atom. The summed E-state index contributed by atoms with van der Waals surface area (Å²) in [4.78, 5) is 0.130. The Balaban J connectivity index is 1.78. The number of aromatic nitrogens is 2. The fraction of sp³-hybridized carbons (Fsp3) is 0.167. The number of hydrogen-bond donors (Lipinski definition) is 1. The number of nitrogens with one attached hydrogen (secondary N) is 1. The van der Waals surface area contributed by atoms with Gasteiger partial charge in [-0.1, -0.05) is 19.1 Å². The van der Waals surface area contributed by atoms with Crippen molar-refractivity contribution in [3.63, 3.8) is 0 Å². The normalized spacial score (nSPS) is 12.1. The molecule has 5 nitrogen and oxygen atoms in total. The lowest BCUT2D eigenvalue weighted by Crippen LogP contribution is -2.13. The summed E-state index contributed by atoms with van der Waals surface area (Å²) in [5.74, 6) is 0. The van der Waals surface area contributed by atoms with Crippen LogP contribution in [0, 0.1) is 0 Å². The summed E-state index contributed by atoms with van der Waals surface area (Å²) in [5, 5.41) is 3.47. The molecular formula is C18H16F3N3O2S. The van der Waals surface area contributed by atoms with Crippen LogP contribution in [0.25, 0.3) is 5.69 Å². The second kappa shape index (κ2) is 7.07. The molecule has 2 aromatic carbocycles. The standard InChI is InChI=1S/C18H16F3N3O2S/c1-2-13-3-9-16(10-4-13)27(25,26)23-14-5-7-15(8-6-14)24-12-11-17(22-24)18(19,20)21/h3-12,23H,2H2,1H3. The molecule has 0 atom stereocenters. The van der Waals surface area contributed by atoms with E-state index in [4.69, 9.17) is 0 Å². The van der Waals surface area contributed by atoms with Gasteiger partial charge in [-0.25, -0.2) is 13.1 Å². The first kappa shape index (κ1) is 19.0. The average Bonchev–Trinajstić information content (AvgIpc) is 3.13. The highest BCUT2D eigenvalue weighted by Crippen LogP contribution is 2.28. The maximum Gasteiger partial charge on any atom is 0.435 e. The van der Waals surface area contributed by atoms with E-state index in [0.717, 1.165) is 22.7 Å². The van der Waals surface area contributed by atoms with Gasteiger partial charge >= 0.3 is 6.18 Å². The van der Waals surface area contributed by atoms with Crippen LogP contribution in [-0.2, 0) is 22.6 Å². The minimum absolute atomic E-state index is 0.130. The molecule has 1 N–H and O–H groups in total. The molecule has 0 saturated heterocycles. The molecule has 0 bridgehead atoms. The first-order valence-electron chi connectivity index (χ1n) is 8.04. The molecule has 0 unspecified atom stereocenters. The van der Waals surface area contributed by atoms with Crippen molar-refractivity contribution in [2.24, 2.45) is 0 Å². The van der Waals surface area contributed by atoms with Crippen molar-refractivity contribution in [3.8, 4) is 5.69 Å². The first-order valence-corrected chi connectivity index (χ1v) is 9.52. The maximum absolute atomic E-state index is 12.6. The summed E-state index contributed by atoms with van der Waals surface area (Å²) in [6.07, 6.45) is -2.52. The Kier molecular flexibility index (Phi) is 4.97. The number of alkyl halides is 3. The van der Waals surface area contributed by atoms with E-state index >= 15 is 0 Å². The largest absolute Gasteiger partial charge is 0.435 e. The zero-order chi connectivity index (χ0) is 19.7. The van der Waals surface area contributed by atoms with Gasteiger partial charge in [0, 0.05) is 11.9 Å². The lowest BCUT2D eigenvalue weighted by atomic mass is 10.2. The first-order chi connectivity index (χ1) is 12.7. The van der Waals surface area contributed by atoms with Gasteiger partial charge < -0.3 is 0 Å². The van der Waals surface area contributed by atoms with E-state index in [1.54, 1.807) is 12.1 Å². The van der Waals surface area contributed by atoms with Crippen molar-refractivity contribution >= 4 is 15.7 Å². The summed E-state index contributed by atoms with van der Waals surface area (Å²) in [6, 6.07) is 13.3. The monoisotopic (exact) mass is 395 g/mol. The summed E-state index contributed by atoms with van der Waals surface area (Å²) in [5.41, 5.74) is 0.695. The SMILES string of the molecule is CCc1ccc(S(=O)(=O)Nc2ccc(-n3ccc(C(F)(F)F)n3)cc2)cc1. The van der Waals surface area contributed by atoms with E-state index < -0.39 is 21.9 Å². The quantitative estimate of drug-likeness (QED) is 0.702. The second-order valence-electron chi connectivity index (χ2n) is 5.79. The van der Waals surface area contributed by atoms with Crippen LogP contribution in [0.5, 0.6) is 0 Å². The van der Waals surface area contributed by atoms with E-state index in [1.165, 1.54) is 42.6 Å². The van der Waals surface area contributed by atoms with Crippen molar-refractivity contribution in [1.82, 2.24) is 9.78 Å². The van der Waals surface area contributed by atoms with Gasteiger partial charge in [0.2, 0.25) is 0 Å². The summed E-state index contributed by atoms with van der Waals surface area (Å²) in [6.45, 7) is 1.97. The summed E-state index contributed by atoms with van der Waals surface area (Å²) >= 11 is 0. The van der Waals surface area contributed by atoms with Crippen molar-refractivity contribution in [2.75, 3.05) is 4.72 Å². The Labute approximate surface area is 154 Å². The molecule has 0 aliphatic rings. The lowest BCUT2D eigenvalue weighted by molar-refractivity contribution is -0.141. The molecule has 0 radical (unpaired) electrons. The van der Waals surface area contributed by atoms with Crippen LogP contribution in [0.4, 0.5) is 18.9 Å². The Morgan fingerprint density at radius 1 is 1.00 bits per heavy atom. The van der Waals surface area contributed by atoms with Gasteiger partial charge in [-0.3, -0.25) is 4.72 Å². The third-order valence-corrected chi connectivity index (χ3v) is 5.30. The van der Waals surface area contributed by atoms with Crippen LogP contribution in [0.1, 0.15) is 18.2 Å². The van der Waals surface area contributed by atoms with Crippen LogP contribution in [0.3, 0.4) is 0 Å². The lowest BCUT2D eigenvalue weighted by Gasteiger charge is -2.09. The van der Waals surface area contributed by atoms with Crippen LogP contribution < -0.4 is 4.72 Å². The fourth-order valence-corrected chi connectivity index (χ4v) is 3.48. The van der Waals surface area contributed by atoms with Crippen LogP contribution >= 0.6 is 0 Å². The smallest absolute Gasteiger partial charge is 0.280 e. The van der Waals surface area contributed by atoms with Crippen LogP contribution in [0.2, 0.25) is 0 Å². The van der Waals surface area contributed by atoms with Gasteiger partial charge in [0.15, 0.2) is 5.69 Å². The number of aryl methyl sites for hydroxylation is 1. The van der Waals surface area contributed by atoms with Crippen molar-refractivity contribution < 1.29 is 21.6 Å². The topological polar surface area (TPSA) is 64.0 Å². The van der Waals surface area contributed by atoms with Gasteiger partial charge in [0.05, 0.1) is 10.6 Å². The Hall–Kier alpha value is -2.81. The third-order valence-electron chi connectivity index (χ3n) is 3.91.